The maximum Gasteiger partial charge on any atom is 0.293 e. The van der Waals surface area contributed by atoms with E-state index in [1.54, 1.807) is 0 Å². The molecule has 0 aliphatic carbocycles. The molecule has 8 heteroatoms. The van der Waals surface area contributed by atoms with Gasteiger partial charge in [-0.15, -0.1) is 0 Å². The third-order valence-electron chi connectivity index (χ3n) is 2.72. The van der Waals surface area contributed by atoms with Gasteiger partial charge in [0.05, 0.1) is 30.7 Å². The number of imidazole rings is 1. The topological polar surface area (TPSA) is 137 Å². The largest absolute Gasteiger partial charge is 0.394 e. The van der Waals surface area contributed by atoms with Gasteiger partial charge in [-0.05, 0) is 12.8 Å². The van der Waals surface area contributed by atoms with Crippen molar-refractivity contribution in [3.63, 3.8) is 0 Å². The lowest BCUT2D eigenvalue weighted by atomic mass is 10.1. The van der Waals surface area contributed by atoms with Crippen LogP contribution in [-0.4, -0.2) is 39.7 Å². The van der Waals surface area contributed by atoms with Gasteiger partial charge < -0.3 is 20.6 Å². The number of hydrogen-bond acceptors (Lipinski definition) is 5. The monoisotopic (exact) mass is 253 g/mol. The van der Waals surface area contributed by atoms with Gasteiger partial charge in [0.2, 0.25) is 0 Å². The third kappa shape index (κ3) is 2.66. The maximum atomic E-state index is 11.5. The quantitative estimate of drug-likeness (QED) is 0.356. The van der Waals surface area contributed by atoms with Crippen molar-refractivity contribution in [3.8, 4) is 0 Å². The van der Waals surface area contributed by atoms with Crippen molar-refractivity contribution in [1.82, 2.24) is 15.3 Å². The second-order valence-corrected chi connectivity index (χ2v) is 4.06. The molecule has 6 N–H and O–H groups in total. The molecular formula is C10H15N5O3. The number of rotatable bonds is 3. The minimum absolute atomic E-state index is 0.0116. The summed E-state index contributed by atoms with van der Waals surface area (Å²) in [5.74, 6) is -0.919. The minimum atomic E-state index is -0.564. The second-order valence-electron chi connectivity index (χ2n) is 4.06. The van der Waals surface area contributed by atoms with E-state index in [0.717, 1.165) is 12.8 Å². The van der Waals surface area contributed by atoms with Gasteiger partial charge in [0.15, 0.2) is 11.8 Å². The van der Waals surface area contributed by atoms with Crippen LogP contribution in [0.25, 0.3) is 0 Å². The molecule has 0 saturated carbocycles. The zero-order chi connectivity index (χ0) is 13.1. The molecule has 1 aliphatic heterocycles. The van der Waals surface area contributed by atoms with Crippen LogP contribution in [0.1, 0.15) is 35.3 Å². The number of nitrogens with two attached hydrogens (primary N) is 1. The highest BCUT2D eigenvalue weighted by Gasteiger charge is 2.27. The fourth-order valence-corrected chi connectivity index (χ4v) is 1.86. The van der Waals surface area contributed by atoms with Crippen LogP contribution in [0.5, 0.6) is 0 Å². The van der Waals surface area contributed by atoms with E-state index < -0.39 is 11.9 Å². The molecule has 1 amide bonds. The minimum Gasteiger partial charge on any atom is -0.394 e. The van der Waals surface area contributed by atoms with E-state index >= 15 is 0 Å². The van der Waals surface area contributed by atoms with Crippen molar-refractivity contribution in [2.24, 2.45) is 5.73 Å². The lowest BCUT2D eigenvalue weighted by Crippen LogP contribution is -2.36. The Morgan fingerprint density at radius 1 is 1.72 bits per heavy atom. The number of H-pyrrole nitrogens is 1. The number of aliphatic hydroxyl groups excluding tert-OH is 1. The Bertz CT molecular complexity index is 458. The first-order chi connectivity index (χ1) is 8.60. The molecule has 1 saturated heterocycles. The number of nitrogens with zero attached hydrogens (tertiary/aromatic N) is 1. The first-order valence-corrected chi connectivity index (χ1v) is 5.56. The van der Waals surface area contributed by atoms with E-state index in [4.69, 9.17) is 21.0 Å². The summed E-state index contributed by atoms with van der Waals surface area (Å²) in [7, 11) is 0. The Balaban J connectivity index is 2.02. The van der Waals surface area contributed by atoms with Gasteiger partial charge >= 0.3 is 0 Å². The summed E-state index contributed by atoms with van der Waals surface area (Å²) in [5.41, 5.74) is 5.73. The van der Waals surface area contributed by atoms with Crippen LogP contribution < -0.4 is 11.1 Å². The highest BCUT2D eigenvalue weighted by Crippen LogP contribution is 2.31. The number of aliphatic hydroxyl groups is 1. The molecule has 0 radical (unpaired) electrons. The van der Waals surface area contributed by atoms with Crippen molar-refractivity contribution in [2.75, 3.05) is 6.61 Å². The van der Waals surface area contributed by atoms with Crippen molar-refractivity contribution in [1.29, 1.82) is 5.41 Å². The standard InChI is InChI=1S/C10H15N5O3/c11-10(12)15-9(17)8-13-3-6(14-8)7-2-1-5(4-16)18-7/h3,5,7,16H,1-2,4H2,(H,13,14)(H4,11,12,15,17)/t5?,7-/m1/s1. The number of amides is 1. The highest BCUT2D eigenvalue weighted by molar-refractivity contribution is 6.02. The van der Waals surface area contributed by atoms with Crippen LogP contribution in [0, 0.1) is 5.41 Å². The average Bonchev–Trinajstić information content (AvgIpc) is 2.96. The SMILES string of the molecule is N=C(N)NC(=O)c1ncc([C@H]2CCC(CO)O2)[nH]1. The van der Waals surface area contributed by atoms with Crippen molar-refractivity contribution >= 4 is 11.9 Å². The first kappa shape index (κ1) is 12.5. The predicted molar refractivity (Wildman–Crippen MR) is 61.9 cm³/mol. The first-order valence-electron chi connectivity index (χ1n) is 5.56. The van der Waals surface area contributed by atoms with Gasteiger partial charge in [-0.25, -0.2) is 4.98 Å². The summed E-state index contributed by atoms with van der Waals surface area (Å²) in [4.78, 5) is 18.2. The Morgan fingerprint density at radius 3 is 3.11 bits per heavy atom. The Hall–Kier alpha value is -1.93. The smallest absolute Gasteiger partial charge is 0.293 e. The van der Waals surface area contributed by atoms with Gasteiger partial charge in [-0.2, -0.15) is 0 Å². The van der Waals surface area contributed by atoms with Crippen LogP contribution in [0.3, 0.4) is 0 Å². The number of carbonyl (C=O) groups excluding carboxylic acids is 1. The lowest BCUT2D eigenvalue weighted by Gasteiger charge is -2.09. The van der Waals surface area contributed by atoms with E-state index in [9.17, 15) is 4.79 Å². The second kappa shape index (κ2) is 5.15. The van der Waals surface area contributed by atoms with Gasteiger partial charge in [-0.1, -0.05) is 0 Å². The molecule has 1 fully saturated rings. The number of aromatic nitrogens is 2. The number of carbonyl (C=O) groups is 1. The summed E-state index contributed by atoms with van der Waals surface area (Å²) >= 11 is 0. The number of ether oxygens (including phenoxy) is 1. The molecule has 1 aromatic rings. The number of guanidine groups is 1. The number of nitrogens with one attached hydrogen (secondary N) is 3. The molecule has 98 valence electrons. The fourth-order valence-electron chi connectivity index (χ4n) is 1.86. The zero-order valence-corrected chi connectivity index (χ0v) is 9.64. The summed E-state index contributed by atoms with van der Waals surface area (Å²) in [6.07, 6.45) is 2.71. The molecule has 0 bridgehead atoms. The molecule has 2 rings (SSSR count). The molecule has 2 heterocycles. The molecule has 8 nitrogen and oxygen atoms in total. The molecule has 18 heavy (non-hydrogen) atoms. The van der Waals surface area contributed by atoms with E-state index in [0.29, 0.717) is 5.69 Å². The third-order valence-corrected chi connectivity index (χ3v) is 2.72. The van der Waals surface area contributed by atoms with E-state index in [1.165, 1.54) is 6.20 Å². The van der Waals surface area contributed by atoms with Crippen molar-refractivity contribution < 1.29 is 14.6 Å². The van der Waals surface area contributed by atoms with E-state index in [1.807, 2.05) is 0 Å². The molecule has 1 unspecified atom stereocenters. The molecule has 0 aromatic carbocycles. The Morgan fingerprint density at radius 2 is 2.50 bits per heavy atom. The van der Waals surface area contributed by atoms with Crippen LogP contribution >= 0.6 is 0 Å². The molecule has 0 spiro atoms. The molecular weight excluding hydrogens is 238 g/mol. The van der Waals surface area contributed by atoms with Gasteiger partial charge in [0.1, 0.15) is 0 Å². The van der Waals surface area contributed by atoms with Crippen molar-refractivity contribution in [3.05, 3.63) is 17.7 Å². The van der Waals surface area contributed by atoms with Crippen LogP contribution in [-0.2, 0) is 4.74 Å². The summed E-state index contributed by atoms with van der Waals surface area (Å²) in [6.45, 7) is -0.0116. The molecule has 1 aliphatic rings. The summed E-state index contributed by atoms with van der Waals surface area (Å²) in [6, 6.07) is 0. The zero-order valence-electron chi connectivity index (χ0n) is 9.64. The van der Waals surface area contributed by atoms with E-state index in [2.05, 4.69) is 15.3 Å². The average molecular weight is 253 g/mol. The highest BCUT2D eigenvalue weighted by atomic mass is 16.5. The molecule has 1 aromatic heterocycles. The van der Waals surface area contributed by atoms with E-state index in [-0.39, 0.29) is 24.6 Å². The fraction of sp³-hybridized carbons (Fsp3) is 0.500. The Kier molecular flexibility index (Phi) is 3.58. The van der Waals surface area contributed by atoms with Crippen LogP contribution in [0.2, 0.25) is 0 Å². The maximum absolute atomic E-state index is 11.5. The summed E-state index contributed by atoms with van der Waals surface area (Å²) < 4.78 is 5.55. The van der Waals surface area contributed by atoms with Crippen LogP contribution in [0.15, 0.2) is 6.20 Å². The Labute approximate surface area is 103 Å². The van der Waals surface area contributed by atoms with Gasteiger partial charge in [0, 0.05) is 0 Å². The van der Waals surface area contributed by atoms with Crippen LogP contribution in [0.4, 0.5) is 0 Å². The number of aromatic amines is 1. The molecule has 2 atom stereocenters. The summed E-state index contributed by atoms with van der Waals surface area (Å²) in [5, 5.41) is 18.1. The predicted octanol–water partition coefficient (Wildman–Crippen LogP) is -0.755. The lowest BCUT2D eigenvalue weighted by molar-refractivity contribution is 0.00937. The van der Waals surface area contributed by atoms with Crippen molar-refractivity contribution in [2.45, 2.75) is 25.0 Å². The number of hydrogen-bond donors (Lipinski definition) is 5. The normalized spacial score (nSPS) is 22.9. The van der Waals surface area contributed by atoms with Gasteiger partial charge in [-0.3, -0.25) is 15.5 Å². The van der Waals surface area contributed by atoms with Gasteiger partial charge in [0.25, 0.3) is 5.91 Å².